The molecule has 0 N–H and O–H groups in total. The average molecular weight is 2600 g/mol. The number of benzene rings is 1. The summed E-state index contributed by atoms with van der Waals surface area (Å²) in [6.45, 7) is 30.6. The number of hydrogen-bond donors (Lipinski definition) is 0. The first-order valence-corrected chi connectivity index (χ1v) is 92.0. The van der Waals surface area contributed by atoms with Gasteiger partial charge in [-0.15, -0.1) is 56.1 Å². The second-order valence-electron chi connectivity index (χ2n) is 48.6. The van der Waals surface area contributed by atoms with Crippen LogP contribution >= 0.6 is 129 Å². The minimum absolute atomic E-state index is 0.0465. The van der Waals surface area contributed by atoms with E-state index in [0.717, 1.165) is 5.56 Å². The van der Waals surface area contributed by atoms with Gasteiger partial charge in [0.2, 0.25) is 0 Å². The van der Waals surface area contributed by atoms with Crippen molar-refractivity contribution in [2.24, 2.45) is 0 Å². The Labute approximate surface area is 984 Å². The fourth-order valence-corrected chi connectivity index (χ4v) is 66.7. The van der Waals surface area contributed by atoms with Gasteiger partial charge in [0.15, 0.2) is 0 Å². The molecule has 0 saturated heterocycles. The second kappa shape index (κ2) is 94.8. The third-order valence-corrected chi connectivity index (χ3v) is 71.5. The van der Waals surface area contributed by atoms with Crippen molar-refractivity contribution in [2.45, 2.75) is 687 Å². The van der Waals surface area contributed by atoms with Crippen molar-refractivity contribution in [1.29, 1.82) is 0 Å². The van der Waals surface area contributed by atoms with Crippen molar-refractivity contribution < 1.29 is 40.6 Å². The first kappa shape index (κ1) is 141. The fraction of sp³-hybridized carbons (Fsp3) is 0.833. The molecule has 18 fully saturated rings. The van der Waals surface area contributed by atoms with Crippen LogP contribution in [0.15, 0.2) is 114 Å². The van der Waals surface area contributed by atoms with E-state index in [9.17, 15) is 0 Å². The number of hydrogen-bond acceptors (Lipinski definition) is 0. The van der Waals surface area contributed by atoms with Crippen LogP contribution in [-0.4, -0.2) is 121 Å². The van der Waals surface area contributed by atoms with Crippen molar-refractivity contribution in [3.63, 3.8) is 0 Å². The van der Waals surface area contributed by atoms with Gasteiger partial charge in [-0.2, -0.15) is 0 Å². The van der Waals surface area contributed by atoms with E-state index in [4.69, 9.17) is 81.3 Å². The van der Waals surface area contributed by atoms with E-state index in [-0.39, 0.29) is 52.9 Å². The number of halogens is 8. The van der Waals surface area contributed by atoms with E-state index in [1.165, 1.54) is 102 Å². The monoisotopic (exact) mass is 2600 g/mol. The summed E-state index contributed by atoms with van der Waals surface area (Å²) < 4.78 is 6.11. The van der Waals surface area contributed by atoms with Crippen LogP contribution in [0.4, 0.5) is 0 Å². The summed E-state index contributed by atoms with van der Waals surface area (Å²) in [5.74, 6) is 0. The Morgan fingerprint density at radius 2 is 0.329 bits per heavy atom. The molecule has 0 bridgehead atoms. The van der Waals surface area contributed by atoms with E-state index < -0.39 is 40.6 Å². The van der Waals surface area contributed by atoms with E-state index in [1.54, 1.807) is 607 Å². The van der Waals surface area contributed by atoms with Gasteiger partial charge in [0, 0.05) is 47.5 Å². The molecule has 19 rings (SSSR count). The molecule has 18 saturated carbocycles. The molecule has 0 nitrogen and oxygen atoms in total. The molecule has 0 spiro atoms. The second-order valence-corrected chi connectivity index (χ2v) is 87.1. The van der Waals surface area contributed by atoms with Crippen molar-refractivity contribution in [3.05, 3.63) is 119 Å². The Morgan fingerprint density at radius 3 is 0.396 bits per heavy atom. The summed E-state index contributed by atoms with van der Waals surface area (Å²) in [7, 11) is 32.2. The third-order valence-electron chi connectivity index (χ3n) is 38.8. The molecular formula is C132H238Cl8P6Ru3+6. The quantitative estimate of drug-likeness (QED) is 0.0378. The summed E-state index contributed by atoms with van der Waals surface area (Å²) in [5, 5.41) is 0.194. The van der Waals surface area contributed by atoms with Crippen molar-refractivity contribution in [2.75, 3.05) is 5.34 Å². The van der Waals surface area contributed by atoms with Crippen LogP contribution in [0.2, 0.25) is 0 Å². The Bertz CT molecular complexity index is 2710. The van der Waals surface area contributed by atoms with Crippen LogP contribution < -0.4 is 0 Å². The number of alkyl halides is 2. The van der Waals surface area contributed by atoms with Gasteiger partial charge in [-0.1, -0.05) is 147 Å². The average Bonchev–Trinajstić information content (AvgIpc) is 0.844. The van der Waals surface area contributed by atoms with Crippen LogP contribution in [0.5, 0.6) is 0 Å². The molecule has 0 aromatic heterocycles. The van der Waals surface area contributed by atoms with Crippen LogP contribution in [0.3, 0.4) is 0 Å². The summed E-state index contributed by atoms with van der Waals surface area (Å²) in [5.41, 5.74) is 23.2. The molecule has 0 unspecified atom stereocenters. The topological polar surface area (TPSA) is 0 Å². The third kappa shape index (κ3) is 60.3. The Kier molecular flexibility index (Phi) is 90.0. The zero-order valence-electron chi connectivity index (χ0n) is 96.5. The molecule has 0 atom stereocenters. The van der Waals surface area contributed by atoms with Gasteiger partial charge < -0.3 is 0 Å². The fourth-order valence-electron chi connectivity index (χ4n) is 32.5. The molecule has 1 aromatic carbocycles. The van der Waals surface area contributed by atoms with Crippen molar-refractivity contribution in [1.82, 2.24) is 0 Å². The molecule has 18 aliphatic carbocycles. The van der Waals surface area contributed by atoms with Crippen LogP contribution in [0.25, 0.3) is 0 Å². The Hall–Kier alpha value is 3.82. The van der Waals surface area contributed by atoms with Gasteiger partial charge in [0.25, 0.3) is 0 Å². The van der Waals surface area contributed by atoms with Crippen LogP contribution in [0, 0.1) is 0 Å². The summed E-state index contributed by atoms with van der Waals surface area (Å²) >= 11 is 4.81. The van der Waals surface area contributed by atoms with Gasteiger partial charge in [-0.3, -0.25) is 0 Å². The molecule has 18 aliphatic rings. The Balaban J connectivity index is 0.000000256. The summed E-state index contributed by atoms with van der Waals surface area (Å²) in [6.07, 6.45) is 149. The van der Waals surface area contributed by atoms with Gasteiger partial charge in [0.05, 0.1) is 107 Å². The SMILES string of the molecule is C1CCC([PH+](C2CCCCC2)C2CCCCC2)CC1.C1CCC([PH+](C2CCCCC2)C2CCCCC2)CC1.C1CCC([PH+](C2CCCCC2)C2CCCCC2)CC1.C1CCC([PH+](C2CCCCC2)C2CCCCC2)CC1.C1CCC([PH+](C2CCCCC2)C2CCCCC2)CC1.C1CCC([PH+](C2CCCCC2)C2CCCCC2)CC1.C=C.C=C.C=CC.C=CC=C.C=C[CH]=[Ru]([Cl])[Cl].C=[C]=[Ru]([Cl])[Cl].ClCCl.[Cl][Ru]([Cl])=[CH]c1ccccc1. The maximum atomic E-state index is 5.67. The molecule has 1 aromatic rings. The van der Waals surface area contributed by atoms with Gasteiger partial charge >= 0.3 is 167 Å². The van der Waals surface area contributed by atoms with E-state index in [2.05, 4.69) is 63.5 Å². The summed E-state index contributed by atoms with van der Waals surface area (Å²) in [4.78, 5) is 0. The predicted molar refractivity (Wildman–Crippen MR) is 703 cm³/mol. The van der Waals surface area contributed by atoms with Crippen molar-refractivity contribution in [3.8, 4) is 0 Å². The molecule has 0 aliphatic heterocycles. The van der Waals surface area contributed by atoms with Crippen LogP contribution in [-0.2, 0) is 40.6 Å². The molecule has 0 heterocycles. The van der Waals surface area contributed by atoms with Crippen LogP contribution in [0.1, 0.15) is 590 Å². The standard InChI is InChI=1S/6C18H33P.C7H6.C4H6.C3H6.C3H4.2C2H4.C2H2.CH2Cl2.6ClH.3Ru/c6*1-4-10-16(11-5-1)19(17-12-6-2-7-13-17)18-14-8-3-9-15-18;1-7-5-3-2-4-6-7;1-3-4-2;2*1-3-2;3*1-2;2-1-3;;;;;;;;;/h6*16-18H,1-15H2;1-6H;3-4H,1-2H2;3H,1H2,2H3;1,3H,2H2;2*1-2H2;1H2;1H2;6*1H;;;/q;;;;;;;;;;;;;;;;;;;;3*+2. The van der Waals surface area contributed by atoms with E-state index >= 15 is 0 Å². The number of rotatable bonds is 21. The maximum absolute atomic E-state index is 5.67. The van der Waals surface area contributed by atoms with Gasteiger partial charge in [-0.05, 0) is 469 Å². The van der Waals surface area contributed by atoms with Crippen molar-refractivity contribution >= 4 is 142 Å². The molecule has 149 heavy (non-hydrogen) atoms. The molecule has 17 heteroatoms. The minimum atomic E-state index is -1.61. The number of allylic oxidation sites excluding steroid dienone is 4. The van der Waals surface area contributed by atoms with E-state index in [1.807, 2.05) is 41.9 Å². The van der Waals surface area contributed by atoms with Gasteiger partial charge in [0.1, 0.15) is 0 Å². The Morgan fingerprint density at radius 1 is 0.221 bits per heavy atom. The molecular weight excluding hydrogens is 2360 g/mol. The first-order valence-electron chi connectivity index (χ1n) is 64.2. The summed E-state index contributed by atoms with van der Waals surface area (Å²) in [6, 6.07) is 9.89. The molecule has 870 valence electrons. The zero-order valence-corrected chi connectivity index (χ0v) is 114. The first-order chi connectivity index (χ1) is 73.3. The van der Waals surface area contributed by atoms with Gasteiger partial charge in [-0.25, -0.2) is 0 Å². The van der Waals surface area contributed by atoms with E-state index in [0.29, 0.717) is 0 Å². The molecule has 0 amide bonds. The molecule has 0 radical (unpaired) electrons. The normalized spacial score (nSPS) is 24.0. The zero-order chi connectivity index (χ0) is 107. The predicted octanol–water partition coefficient (Wildman–Crippen LogP) is 48.9.